The molecule has 6 nitrogen and oxygen atoms in total. The highest BCUT2D eigenvalue weighted by Gasteiger charge is 2.24. The van der Waals surface area contributed by atoms with Crippen LogP contribution in [0.1, 0.15) is 41.0 Å². The Labute approximate surface area is 146 Å². The molecule has 1 fully saturated rings. The van der Waals surface area contributed by atoms with Gasteiger partial charge in [-0.15, -0.1) is 0 Å². The number of primary amides is 1. The van der Waals surface area contributed by atoms with Gasteiger partial charge in [-0.1, -0.05) is 19.1 Å². The van der Waals surface area contributed by atoms with Gasteiger partial charge in [-0.3, -0.25) is 4.79 Å². The van der Waals surface area contributed by atoms with E-state index >= 15 is 0 Å². The monoisotopic (exact) mass is 343 g/mol. The van der Waals surface area contributed by atoms with E-state index in [9.17, 15) is 9.18 Å². The van der Waals surface area contributed by atoms with Gasteiger partial charge in [0, 0.05) is 18.5 Å². The first-order chi connectivity index (χ1) is 11.9. The SMILES string of the molecule is CC(c1ccc(F)cc1)c1nc(C(N)=O)cnc1N[C@@H]1CCN(C)C1. The molecule has 1 aliphatic heterocycles. The number of nitrogens with two attached hydrogens (primary N) is 1. The van der Waals surface area contributed by atoms with E-state index in [1.807, 2.05) is 6.92 Å². The molecule has 2 aromatic rings. The van der Waals surface area contributed by atoms with Crippen molar-refractivity contribution in [1.82, 2.24) is 14.9 Å². The average Bonchev–Trinajstić information content (AvgIpc) is 3.00. The minimum atomic E-state index is -0.618. The fourth-order valence-electron chi connectivity index (χ4n) is 3.09. The Kier molecular flexibility index (Phi) is 4.94. The molecule has 132 valence electrons. The van der Waals surface area contributed by atoms with Crippen LogP contribution in [0, 0.1) is 5.82 Å². The average molecular weight is 343 g/mol. The lowest BCUT2D eigenvalue weighted by Gasteiger charge is -2.20. The quantitative estimate of drug-likeness (QED) is 0.867. The predicted molar refractivity (Wildman–Crippen MR) is 94.0 cm³/mol. The zero-order valence-corrected chi connectivity index (χ0v) is 14.4. The molecule has 1 saturated heterocycles. The Balaban J connectivity index is 1.94. The molecule has 3 rings (SSSR count). The molecule has 2 atom stereocenters. The minimum Gasteiger partial charge on any atom is -0.364 e. The fourth-order valence-corrected chi connectivity index (χ4v) is 3.09. The van der Waals surface area contributed by atoms with Gasteiger partial charge in [0.05, 0.1) is 11.9 Å². The molecule has 1 aliphatic rings. The van der Waals surface area contributed by atoms with Crippen LogP contribution in [0.4, 0.5) is 10.2 Å². The second-order valence-corrected chi connectivity index (χ2v) is 6.52. The Morgan fingerprint density at radius 3 is 2.72 bits per heavy atom. The number of amides is 1. The lowest BCUT2D eigenvalue weighted by Crippen LogP contribution is -2.26. The maximum atomic E-state index is 13.2. The summed E-state index contributed by atoms with van der Waals surface area (Å²) < 4.78 is 13.2. The zero-order chi connectivity index (χ0) is 18.0. The number of hydrogen-bond donors (Lipinski definition) is 2. The summed E-state index contributed by atoms with van der Waals surface area (Å²) >= 11 is 0. The van der Waals surface area contributed by atoms with Crippen LogP contribution < -0.4 is 11.1 Å². The number of anilines is 1. The fraction of sp³-hybridized carbons (Fsp3) is 0.389. The Bertz CT molecular complexity index is 765. The minimum absolute atomic E-state index is 0.123. The summed E-state index contributed by atoms with van der Waals surface area (Å²) in [5.41, 5.74) is 7.01. The van der Waals surface area contributed by atoms with Crippen molar-refractivity contribution in [1.29, 1.82) is 0 Å². The van der Waals surface area contributed by atoms with Crippen molar-refractivity contribution >= 4 is 11.7 Å². The van der Waals surface area contributed by atoms with Gasteiger partial charge in [-0.05, 0) is 37.7 Å². The Morgan fingerprint density at radius 1 is 1.40 bits per heavy atom. The Hall–Kier alpha value is -2.54. The van der Waals surface area contributed by atoms with Crippen molar-refractivity contribution in [2.24, 2.45) is 5.73 Å². The van der Waals surface area contributed by atoms with Gasteiger partial charge in [-0.2, -0.15) is 0 Å². The van der Waals surface area contributed by atoms with E-state index in [0.717, 1.165) is 25.1 Å². The molecule has 1 amide bonds. The van der Waals surface area contributed by atoms with Gasteiger partial charge >= 0.3 is 0 Å². The highest BCUT2D eigenvalue weighted by atomic mass is 19.1. The number of nitrogens with one attached hydrogen (secondary N) is 1. The summed E-state index contributed by atoms with van der Waals surface area (Å²) in [7, 11) is 2.07. The topological polar surface area (TPSA) is 84.1 Å². The number of likely N-dealkylation sites (N-methyl/N-ethyl adjacent to an activating group) is 1. The Morgan fingerprint density at radius 2 is 2.12 bits per heavy atom. The first-order valence-corrected chi connectivity index (χ1v) is 8.31. The molecule has 7 heteroatoms. The molecule has 1 unspecified atom stereocenters. The zero-order valence-electron chi connectivity index (χ0n) is 14.4. The van der Waals surface area contributed by atoms with Crippen LogP contribution >= 0.6 is 0 Å². The lowest BCUT2D eigenvalue weighted by atomic mass is 9.97. The summed E-state index contributed by atoms with van der Waals surface area (Å²) in [4.78, 5) is 22.6. The van der Waals surface area contributed by atoms with Crippen molar-refractivity contribution in [3.05, 3.63) is 53.2 Å². The number of rotatable bonds is 5. The van der Waals surface area contributed by atoms with Crippen LogP contribution in [-0.4, -0.2) is 47.0 Å². The number of halogens is 1. The molecule has 0 spiro atoms. The molecule has 1 aromatic carbocycles. The van der Waals surface area contributed by atoms with Crippen molar-refractivity contribution in [2.75, 3.05) is 25.5 Å². The molecule has 0 radical (unpaired) electrons. The molecule has 3 N–H and O–H groups in total. The summed E-state index contributed by atoms with van der Waals surface area (Å²) in [6.45, 7) is 3.89. The lowest BCUT2D eigenvalue weighted by molar-refractivity contribution is 0.0995. The molecule has 0 saturated carbocycles. The number of likely N-dealkylation sites (tertiary alicyclic amines) is 1. The normalized spacial score (nSPS) is 18.9. The van der Waals surface area contributed by atoms with Crippen LogP contribution in [0.15, 0.2) is 30.5 Å². The molecule has 0 aliphatic carbocycles. The first kappa shape index (κ1) is 17.3. The van der Waals surface area contributed by atoms with Gasteiger partial charge in [0.25, 0.3) is 5.91 Å². The number of aromatic nitrogens is 2. The van der Waals surface area contributed by atoms with E-state index in [2.05, 4.69) is 27.2 Å². The third kappa shape index (κ3) is 3.93. The molecular weight excluding hydrogens is 321 g/mol. The van der Waals surface area contributed by atoms with Gasteiger partial charge < -0.3 is 16.0 Å². The summed E-state index contributed by atoms with van der Waals surface area (Å²) in [5, 5.41) is 3.43. The predicted octanol–water partition coefficient (Wildman–Crippen LogP) is 1.98. The standard InChI is InChI=1S/C18H22FN5O/c1-11(12-3-5-13(19)6-4-12)16-18(21-9-15(23-16)17(20)25)22-14-7-8-24(2)10-14/h3-6,9,11,14H,7-8,10H2,1-2H3,(H2,20,25)(H,21,22)/t11?,14-/m1/s1. The second kappa shape index (κ2) is 7.14. The van der Waals surface area contributed by atoms with Crippen LogP contribution in [-0.2, 0) is 0 Å². The van der Waals surface area contributed by atoms with Crippen LogP contribution in [0.5, 0.6) is 0 Å². The largest absolute Gasteiger partial charge is 0.364 e. The number of benzene rings is 1. The number of nitrogens with zero attached hydrogens (tertiary/aromatic N) is 3. The van der Waals surface area contributed by atoms with Crippen molar-refractivity contribution in [3.63, 3.8) is 0 Å². The van der Waals surface area contributed by atoms with Gasteiger partial charge in [0.15, 0.2) is 0 Å². The van der Waals surface area contributed by atoms with Crippen LogP contribution in [0.25, 0.3) is 0 Å². The molecule has 25 heavy (non-hydrogen) atoms. The number of carbonyl (C=O) groups is 1. The van der Waals surface area contributed by atoms with E-state index in [0.29, 0.717) is 11.5 Å². The van der Waals surface area contributed by atoms with Gasteiger partial charge in [-0.25, -0.2) is 14.4 Å². The summed E-state index contributed by atoms with van der Waals surface area (Å²) in [6, 6.07) is 6.53. The molecule has 0 bridgehead atoms. The van der Waals surface area contributed by atoms with Crippen LogP contribution in [0.2, 0.25) is 0 Å². The van der Waals surface area contributed by atoms with Crippen molar-refractivity contribution in [3.8, 4) is 0 Å². The van der Waals surface area contributed by atoms with Crippen molar-refractivity contribution in [2.45, 2.75) is 25.3 Å². The van der Waals surface area contributed by atoms with Crippen molar-refractivity contribution < 1.29 is 9.18 Å². The smallest absolute Gasteiger partial charge is 0.268 e. The highest BCUT2D eigenvalue weighted by molar-refractivity contribution is 5.90. The highest BCUT2D eigenvalue weighted by Crippen LogP contribution is 2.28. The van der Waals surface area contributed by atoms with E-state index in [1.165, 1.54) is 18.3 Å². The number of hydrogen-bond acceptors (Lipinski definition) is 5. The summed E-state index contributed by atoms with van der Waals surface area (Å²) in [6.07, 6.45) is 2.41. The van der Waals surface area contributed by atoms with E-state index < -0.39 is 5.91 Å². The maximum absolute atomic E-state index is 13.2. The number of carbonyl (C=O) groups excluding carboxylic acids is 1. The molecular formula is C18H22FN5O. The molecule has 2 heterocycles. The summed E-state index contributed by atoms with van der Waals surface area (Å²) in [5.74, 6) is -0.427. The van der Waals surface area contributed by atoms with Crippen LogP contribution in [0.3, 0.4) is 0 Å². The third-order valence-corrected chi connectivity index (χ3v) is 4.56. The molecule has 1 aromatic heterocycles. The van der Waals surface area contributed by atoms with E-state index in [-0.39, 0.29) is 23.5 Å². The van der Waals surface area contributed by atoms with Gasteiger partial charge in [0.2, 0.25) is 0 Å². The van der Waals surface area contributed by atoms with E-state index in [1.54, 1.807) is 12.1 Å². The second-order valence-electron chi connectivity index (χ2n) is 6.52. The third-order valence-electron chi connectivity index (χ3n) is 4.56. The van der Waals surface area contributed by atoms with Gasteiger partial charge in [0.1, 0.15) is 17.3 Å². The maximum Gasteiger partial charge on any atom is 0.268 e. The first-order valence-electron chi connectivity index (χ1n) is 8.31. The van der Waals surface area contributed by atoms with E-state index in [4.69, 9.17) is 5.73 Å².